The van der Waals surface area contributed by atoms with Crippen molar-refractivity contribution in [3.05, 3.63) is 54.1 Å². The summed E-state index contributed by atoms with van der Waals surface area (Å²) < 4.78 is 16.7. The van der Waals surface area contributed by atoms with Crippen LogP contribution < -0.4 is 4.74 Å². The number of benzene rings is 2. The molecule has 1 aliphatic heterocycles. The van der Waals surface area contributed by atoms with Gasteiger partial charge < -0.3 is 14.2 Å². The van der Waals surface area contributed by atoms with E-state index < -0.39 is 0 Å². The van der Waals surface area contributed by atoms with E-state index in [1.54, 1.807) is 0 Å². The van der Waals surface area contributed by atoms with E-state index in [9.17, 15) is 0 Å². The summed E-state index contributed by atoms with van der Waals surface area (Å²) in [6.07, 6.45) is 1.98. The molecule has 0 bridgehead atoms. The van der Waals surface area contributed by atoms with Gasteiger partial charge in [-0.3, -0.25) is 0 Å². The maximum absolute atomic E-state index is 8.86. The first-order valence-electron chi connectivity index (χ1n) is 9.07. The lowest BCUT2D eigenvalue weighted by atomic mass is 9.90. The molecule has 1 fully saturated rings. The third-order valence-electron chi connectivity index (χ3n) is 4.50. The number of ether oxygens (including phenoxy) is 3. The van der Waals surface area contributed by atoms with Crippen molar-refractivity contribution in [3.8, 4) is 22.9 Å². The van der Waals surface area contributed by atoms with Crippen molar-refractivity contribution in [2.24, 2.45) is 5.41 Å². The van der Waals surface area contributed by atoms with E-state index in [0.717, 1.165) is 56.1 Å². The highest BCUT2D eigenvalue weighted by atomic mass is 16.5. The summed E-state index contributed by atoms with van der Waals surface area (Å²) in [5.41, 5.74) is 3.11. The molecule has 0 atom stereocenters. The topological polar surface area (TPSA) is 51.5 Å². The first-order chi connectivity index (χ1) is 12.7. The number of nitriles is 1. The third kappa shape index (κ3) is 5.08. The molecule has 3 rings (SSSR count). The van der Waals surface area contributed by atoms with Gasteiger partial charge in [0.15, 0.2) is 0 Å². The molecule has 0 aliphatic carbocycles. The fourth-order valence-electron chi connectivity index (χ4n) is 2.83. The summed E-state index contributed by atoms with van der Waals surface area (Å²) in [5.74, 6) is 0.877. The van der Waals surface area contributed by atoms with Gasteiger partial charge in [-0.15, -0.1) is 0 Å². The Bertz CT molecular complexity index is 727. The summed E-state index contributed by atoms with van der Waals surface area (Å²) >= 11 is 0. The van der Waals surface area contributed by atoms with Crippen molar-refractivity contribution in [1.82, 2.24) is 0 Å². The second-order valence-corrected chi connectivity index (χ2v) is 7.13. The molecule has 4 heteroatoms. The molecule has 0 N–H and O–H groups in total. The van der Waals surface area contributed by atoms with Crippen molar-refractivity contribution in [2.45, 2.75) is 19.8 Å². The summed E-state index contributed by atoms with van der Waals surface area (Å²) in [4.78, 5) is 0. The fourth-order valence-corrected chi connectivity index (χ4v) is 2.83. The van der Waals surface area contributed by atoms with Crippen LogP contribution in [0.2, 0.25) is 0 Å². The standard InChI is InChI=1S/C22H25NO3/c1-22(16-25-17-22)15-24-12-2-3-13-26-21-10-8-20(9-11-21)19-6-4-18(14-23)5-7-19/h4-11H,2-3,12-13,15-17H2,1H3. The maximum Gasteiger partial charge on any atom is 0.119 e. The summed E-state index contributed by atoms with van der Waals surface area (Å²) in [6.45, 7) is 6.07. The van der Waals surface area contributed by atoms with E-state index in [1.807, 2.05) is 48.5 Å². The fraction of sp³-hybridized carbons (Fsp3) is 0.409. The first kappa shape index (κ1) is 18.4. The molecule has 1 heterocycles. The molecule has 1 saturated heterocycles. The van der Waals surface area contributed by atoms with Gasteiger partial charge in [0.05, 0.1) is 38.1 Å². The van der Waals surface area contributed by atoms with Gasteiger partial charge in [0.25, 0.3) is 0 Å². The highest BCUT2D eigenvalue weighted by molar-refractivity contribution is 5.64. The maximum atomic E-state index is 8.86. The minimum atomic E-state index is 0.229. The van der Waals surface area contributed by atoms with Crippen LogP contribution in [0.1, 0.15) is 25.3 Å². The lowest BCUT2D eigenvalue weighted by molar-refractivity contribution is -0.138. The normalized spacial score (nSPS) is 15.1. The van der Waals surface area contributed by atoms with Crippen LogP contribution >= 0.6 is 0 Å². The zero-order valence-corrected chi connectivity index (χ0v) is 15.2. The van der Waals surface area contributed by atoms with E-state index in [0.29, 0.717) is 12.2 Å². The quantitative estimate of drug-likeness (QED) is 0.627. The zero-order valence-electron chi connectivity index (χ0n) is 15.2. The van der Waals surface area contributed by atoms with Crippen molar-refractivity contribution in [3.63, 3.8) is 0 Å². The van der Waals surface area contributed by atoms with Gasteiger partial charge in [-0.25, -0.2) is 0 Å². The van der Waals surface area contributed by atoms with E-state index in [2.05, 4.69) is 13.0 Å². The van der Waals surface area contributed by atoms with Crippen LogP contribution in [-0.2, 0) is 9.47 Å². The van der Waals surface area contributed by atoms with E-state index >= 15 is 0 Å². The van der Waals surface area contributed by atoms with E-state index in [1.165, 1.54) is 0 Å². The average molecular weight is 351 g/mol. The number of unbranched alkanes of at least 4 members (excludes halogenated alkanes) is 1. The predicted octanol–water partition coefficient (Wildman–Crippen LogP) is 4.44. The van der Waals surface area contributed by atoms with Crippen molar-refractivity contribution >= 4 is 0 Å². The van der Waals surface area contributed by atoms with Gasteiger partial charge in [0.1, 0.15) is 5.75 Å². The Labute approximate surface area is 155 Å². The molecule has 26 heavy (non-hydrogen) atoms. The highest BCUT2D eigenvalue weighted by Crippen LogP contribution is 2.26. The number of hydrogen-bond acceptors (Lipinski definition) is 4. The lowest BCUT2D eigenvalue weighted by Gasteiger charge is -2.37. The molecule has 136 valence electrons. The molecule has 2 aromatic rings. The van der Waals surface area contributed by atoms with Crippen molar-refractivity contribution in [2.75, 3.05) is 33.0 Å². The van der Waals surface area contributed by atoms with Gasteiger partial charge in [0, 0.05) is 12.0 Å². The lowest BCUT2D eigenvalue weighted by Crippen LogP contribution is -2.43. The molecule has 0 radical (unpaired) electrons. The van der Waals surface area contributed by atoms with Crippen LogP contribution in [-0.4, -0.2) is 33.0 Å². The molecule has 4 nitrogen and oxygen atoms in total. The van der Waals surface area contributed by atoms with Crippen LogP contribution in [0, 0.1) is 16.7 Å². The number of rotatable bonds is 9. The van der Waals surface area contributed by atoms with Gasteiger partial charge in [-0.1, -0.05) is 31.2 Å². The SMILES string of the molecule is CC1(COCCCCOc2ccc(-c3ccc(C#N)cc3)cc2)COC1. The predicted molar refractivity (Wildman–Crippen MR) is 101 cm³/mol. The Morgan fingerprint density at radius 2 is 1.58 bits per heavy atom. The smallest absolute Gasteiger partial charge is 0.119 e. The third-order valence-corrected chi connectivity index (χ3v) is 4.50. The summed E-state index contributed by atoms with van der Waals surface area (Å²) in [5, 5.41) is 8.86. The van der Waals surface area contributed by atoms with E-state index in [4.69, 9.17) is 19.5 Å². The number of nitrogens with zero attached hydrogens (tertiary/aromatic N) is 1. The molecule has 0 spiro atoms. The minimum absolute atomic E-state index is 0.229. The molecule has 0 unspecified atom stereocenters. The molecule has 0 amide bonds. The second kappa shape index (κ2) is 8.84. The largest absolute Gasteiger partial charge is 0.494 e. The first-order valence-corrected chi connectivity index (χ1v) is 9.07. The Morgan fingerprint density at radius 1 is 0.962 bits per heavy atom. The van der Waals surface area contributed by atoms with Crippen molar-refractivity contribution < 1.29 is 14.2 Å². The van der Waals surface area contributed by atoms with Gasteiger partial charge in [0.2, 0.25) is 0 Å². The average Bonchev–Trinajstić information content (AvgIpc) is 2.66. The Hall–Kier alpha value is -2.35. The van der Waals surface area contributed by atoms with Gasteiger partial charge in [-0.05, 0) is 48.2 Å². The summed E-state index contributed by atoms with van der Waals surface area (Å²) in [7, 11) is 0. The van der Waals surface area contributed by atoms with Gasteiger partial charge in [-0.2, -0.15) is 5.26 Å². The molecule has 1 aliphatic rings. The molecule has 2 aromatic carbocycles. The van der Waals surface area contributed by atoms with Crippen molar-refractivity contribution in [1.29, 1.82) is 5.26 Å². The minimum Gasteiger partial charge on any atom is -0.494 e. The van der Waals surface area contributed by atoms with Gasteiger partial charge >= 0.3 is 0 Å². The van der Waals surface area contributed by atoms with Crippen LogP contribution in [0.5, 0.6) is 5.75 Å². The summed E-state index contributed by atoms with van der Waals surface area (Å²) in [6, 6.07) is 17.8. The Morgan fingerprint density at radius 3 is 2.15 bits per heavy atom. The number of hydrogen-bond donors (Lipinski definition) is 0. The molecule has 0 aromatic heterocycles. The Kier molecular flexibility index (Phi) is 6.27. The van der Waals surface area contributed by atoms with Crippen LogP contribution in [0.4, 0.5) is 0 Å². The van der Waals surface area contributed by atoms with Crippen LogP contribution in [0.3, 0.4) is 0 Å². The van der Waals surface area contributed by atoms with Crippen LogP contribution in [0.25, 0.3) is 11.1 Å². The highest BCUT2D eigenvalue weighted by Gasteiger charge is 2.33. The van der Waals surface area contributed by atoms with E-state index in [-0.39, 0.29) is 5.41 Å². The second-order valence-electron chi connectivity index (χ2n) is 7.13. The molecular formula is C22H25NO3. The van der Waals surface area contributed by atoms with Crippen LogP contribution in [0.15, 0.2) is 48.5 Å². The molecule has 0 saturated carbocycles. The zero-order chi connectivity index (χ0) is 18.2. The Balaban J connectivity index is 1.34. The molecular weight excluding hydrogens is 326 g/mol. The monoisotopic (exact) mass is 351 g/mol.